The Labute approximate surface area is 130 Å². The van der Waals surface area contributed by atoms with E-state index in [2.05, 4.69) is 20.9 Å². The first kappa shape index (κ1) is 13.8. The van der Waals surface area contributed by atoms with Crippen molar-refractivity contribution in [2.24, 2.45) is 4.99 Å². The van der Waals surface area contributed by atoms with Crippen LogP contribution in [0.2, 0.25) is 0 Å². The summed E-state index contributed by atoms with van der Waals surface area (Å²) in [4.78, 5) is 16.4. The Morgan fingerprint density at radius 3 is 2.86 bits per heavy atom. The van der Waals surface area contributed by atoms with Crippen LogP contribution in [0.4, 0.5) is 5.69 Å². The van der Waals surface area contributed by atoms with Crippen molar-refractivity contribution in [3.63, 3.8) is 0 Å². The highest BCUT2D eigenvalue weighted by atomic mass is 79.9. The Hall–Kier alpha value is -2.14. The van der Waals surface area contributed by atoms with Crippen LogP contribution in [0.15, 0.2) is 51.9 Å². The quantitative estimate of drug-likeness (QED) is 0.617. The first-order valence-corrected chi connectivity index (χ1v) is 7.23. The number of ether oxygens (including phenoxy) is 2. The molecule has 1 aliphatic rings. The molecule has 2 aromatic carbocycles. The van der Waals surface area contributed by atoms with Crippen molar-refractivity contribution >= 4 is 33.6 Å². The van der Waals surface area contributed by atoms with Gasteiger partial charge in [0.2, 0.25) is 6.79 Å². The third kappa shape index (κ3) is 3.13. The largest absolute Gasteiger partial charge is 0.454 e. The van der Waals surface area contributed by atoms with E-state index < -0.39 is 0 Å². The van der Waals surface area contributed by atoms with Gasteiger partial charge in [0, 0.05) is 22.7 Å². The smallest absolute Gasteiger partial charge is 0.231 e. The van der Waals surface area contributed by atoms with Gasteiger partial charge in [0.1, 0.15) is 0 Å². The fourth-order valence-electron chi connectivity index (χ4n) is 1.97. The highest BCUT2D eigenvalue weighted by Gasteiger charge is 2.15. The molecule has 1 aliphatic heterocycles. The van der Waals surface area contributed by atoms with E-state index >= 15 is 0 Å². The summed E-state index contributed by atoms with van der Waals surface area (Å²) in [6.07, 6.45) is 1.86. The van der Waals surface area contributed by atoms with Crippen LogP contribution in [0, 0.1) is 0 Å². The maximum atomic E-state index is 12.1. The molecule has 1 heterocycles. The van der Waals surface area contributed by atoms with Crippen LogP contribution in [0.25, 0.3) is 0 Å². The number of halogens is 1. The zero-order chi connectivity index (χ0) is 14.7. The molecule has 0 saturated heterocycles. The van der Waals surface area contributed by atoms with Gasteiger partial charge >= 0.3 is 0 Å². The summed E-state index contributed by atoms with van der Waals surface area (Å²) in [7, 11) is 0. The molecule has 0 aliphatic carbocycles. The minimum Gasteiger partial charge on any atom is -0.454 e. The summed E-state index contributed by atoms with van der Waals surface area (Å²) in [5.41, 5.74) is 1.40. The maximum Gasteiger partial charge on any atom is 0.231 e. The number of aliphatic imine (C=N–C) groups is 1. The number of nitrogens with zero attached hydrogens (tertiary/aromatic N) is 1. The number of hydrogen-bond donors (Lipinski definition) is 0. The van der Waals surface area contributed by atoms with Crippen LogP contribution in [-0.2, 0) is 0 Å². The Bertz CT molecular complexity index is 712. The number of carbonyl (C=O) groups is 1. The van der Waals surface area contributed by atoms with Crippen LogP contribution >= 0.6 is 15.9 Å². The van der Waals surface area contributed by atoms with E-state index in [0.717, 1.165) is 10.2 Å². The van der Waals surface area contributed by atoms with Gasteiger partial charge in [-0.05, 0) is 46.3 Å². The number of hydrogen-bond acceptors (Lipinski definition) is 4. The van der Waals surface area contributed by atoms with Gasteiger partial charge in [0.25, 0.3) is 0 Å². The summed E-state index contributed by atoms with van der Waals surface area (Å²) in [6.45, 7) is 0.205. The van der Waals surface area contributed by atoms with Crippen LogP contribution in [0.1, 0.15) is 16.8 Å². The van der Waals surface area contributed by atoms with Crippen molar-refractivity contribution in [2.45, 2.75) is 6.42 Å². The number of para-hydroxylation sites is 1. The Morgan fingerprint density at radius 2 is 2.00 bits per heavy atom. The number of carbonyl (C=O) groups excluding carboxylic acids is 1. The molecule has 0 N–H and O–H groups in total. The van der Waals surface area contributed by atoms with Crippen molar-refractivity contribution in [2.75, 3.05) is 6.79 Å². The molecule has 0 radical (unpaired) electrons. The number of Topliss-reactive ketones (excluding diaryl/α,β-unsaturated/α-hetero) is 1. The van der Waals surface area contributed by atoms with E-state index in [1.807, 2.05) is 24.3 Å². The monoisotopic (exact) mass is 345 g/mol. The number of rotatable bonds is 4. The highest BCUT2D eigenvalue weighted by molar-refractivity contribution is 9.10. The highest BCUT2D eigenvalue weighted by Crippen LogP contribution is 2.32. The van der Waals surface area contributed by atoms with Crippen molar-refractivity contribution in [3.8, 4) is 11.5 Å². The normalized spacial score (nSPS) is 12.8. The van der Waals surface area contributed by atoms with Gasteiger partial charge in [0.05, 0.1) is 5.69 Å². The SMILES string of the molecule is O=C(CC=Nc1ccccc1Br)c1ccc2c(c1)OCO2. The lowest BCUT2D eigenvalue weighted by atomic mass is 10.1. The molecule has 106 valence electrons. The zero-order valence-corrected chi connectivity index (χ0v) is 12.7. The Balaban J connectivity index is 1.68. The zero-order valence-electron chi connectivity index (χ0n) is 11.1. The van der Waals surface area contributed by atoms with Gasteiger partial charge in [0.15, 0.2) is 17.3 Å². The summed E-state index contributed by atoms with van der Waals surface area (Å²) in [6, 6.07) is 12.8. The van der Waals surface area contributed by atoms with Gasteiger partial charge in [-0.15, -0.1) is 0 Å². The van der Waals surface area contributed by atoms with Crippen LogP contribution in [0.3, 0.4) is 0 Å². The third-order valence-corrected chi connectivity index (χ3v) is 3.72. The van der Waals surface area contributed by atoms with E-state index in [0.29, 0.717) is 17.1 Å². The molecular formula is C16H12BrNO3. The van der Waals surface area contributed by atoms with Gasteiger partial charge < -0.3 is 9.47 Å². The molecular weight excluding hydrogens is 334 g/mol. The van der Waals surface area contributed by atoms with E-state index in [-0.39, 0.29) is 19.0 Å². The second-order valence-corrected chi connectivity index (χ2v) is 5.31. The summed E-state index contributed by atoms with van der Waals surface area (Å²) in [5, 5.41) is 0. The van der Waals surface area contributed by atoms with E-state index in [9.17, 15) is 4.79 Å². The first-order valence-electron chi connectivity index (χ1n) is 6.44. The lowest BCUT2D eigenvalue weighted by Crippen LogP contribution is -1.99. The molecule has 0 bridgehead atoms. The molecule has 5 heteroatoms. The van der Waals surface area contributed by atoms with Crippen molar-refractivity contribution < 1.29 is 14.3 Å². The molecule has 2 aromatic rings. The molecule has 0 unspecified atom stereocenters. The molecule has 0 spiro atoms. The van der Waals surface area contributed by atoms with Gasteiger partial charge in [-0.1, -0.05) is 12.1 Å². The summed E-state index contributed by atoms with van der Waals surface area (Å²) in [5.74, 6) is 1.28. The predicted molar refractivity (Wildman–Crippen MR) is 83.8 cm³/mol. The minimum absolute atomic E-state index is 0.0101. The molecule has 0 aromatic heterocycles. The predicted octanol–water partition coefficient (Wildman–Crippen LogP) is 4.15. The average Bonchev–Trinajstić information content (AvgIpc) is 2.96. The second-order valence-electron chi connectivity index (χ2n) is 4.46. The molecule has 0 fully saturated rings. The molecule has 0 amide bonds. The van der Waals surface area contributed by atoms with Crippen LogP contribution < -0.4 is 9.47 Å². The minimum atomic E-state index is -0.0101. The molecule has 0 atom stereocenters. The number of fused-ring (bicyclic) bond motifs is 1. The number of benzene rings is 2. The standard InChI is InChI=1S/C16H12BrNO3/c17-12-3-1-2-4-13(12)18-8-7-14(19)11-5-6-15-16(9-11)21-10-20-15/h1-6,8-9H,7,10H2. The fourth-order valence-corrected chi connectivity index (χ4v) is 2.36. The van der Waals surface area contributed by atoms with Gasteiger partial charge in [-0.25, -0.2) is 0 Å². The number of ketones is 1. The average molecular weight is 346 g/mol. The Morgan fingerprint density at radius 1 is 1.19 bits per heavy atom. The van der Waals surface area contributed by atoms with Gasteiger partial charge in [-0.3, -0.25) is 9.79 Å². The molecule has 0 saturated carbocycles. The summed E-state index contributed by atoms with van der Waals surface area (Å²) < 4.78 is 11.4. The topological polar surface area (TPSA) is 47.9 Å². The molecule has 4 nitrogen and oxygen atoms in total. The lowest BCUT2D eigenvalue weighted by Gasteiger charge is -2.00. The molecule has 3 rings (SSSR count). The first-order chi connectivity index (χ1) is 10.2. The maximum absolute atomic E-state index is 12.1. The van der Waals surface area contributed by atoms with E-state index in [1.165, 1.54) is 0 Å². The van der Waals surface area contributed by atoms with Crippen molar-refractivity contribution in [1.29, 1.82) is 0 Å². The van der Waals surface area contributed by atoms with E-state index in [4.69, 9.17) is 9.47 Å². The van der Waals surface area contributed by atoms with Crippen molar-refractivity contribution in [1.82, 2.24) is 0 Å². The second kappa shape index (κ2) is 6.10. The van der Waals surface area contributed by atoms with E-state index in [1.54, 1.807) is 24.4 Å². The van der Waals surface area contributed by atoms with Gasteiger partial charge in [-0.2, -0.15) is 0 Å². The van der Waals surface area contributed by atoms with Crippen LogP contribution in [0.5, 0.6) is 11.5 Å². The molecule has 21 heavy (non-hydrogen) atoms. The Kier molecular flexibility index (Phi) is 4.01. The summed E-state index contributed by atoms with van der Waals surface area (Å²) >= 11 is 3.41. The fraction of sp³-hybridized carbons (Fsp3) is 0.125. The lowest BCUT2D eigenvalue weighted by molar-refractivity contribution is 0.100. The van der Waals surface area contributed by atoms with Crippen molar-refractivity contribution in [3.05, 3.63) is 52.5 Å². The van der Waals surface area contributed by atoms with Crippen LogP contribution in [-0.4, -0.2) is 18.8 Å². The third-order valence-electron chi connectivity index (χ3n) is 3.05.